The molecule has 0 bridgehead atoms. The Morgan fingerprint density at radius 2 is 2.50 bits per heavy atom. The molecule has 1 atom stereocenters. The van der Waals surface area contributed by atoms with E-state index in [4.69, 9.17) is 9.26 Å². The maximum absolute atomic E-state index is 10.2. The Kier molecular flexibility index (Phi) is 2.88. The normalized spacial score (nSPS) is 21.3. The predicted octanol–water partition coefficient (Wildman–Crippen LogP) is 0.532. The fourth-order valence-corrected chi connectivity index (χ4v) is 1.53. The molecule has 2 heterocycles. The summed E-state index contributed by atoms with van der Waals surface area (Å²) in [5.41, 5.74) is 0. The van der Waals surface area contributed by atoms with Crippen molar-refractivity contribution in [2.45, 2.75) is 31.8 Å². The van der Waals surface area contributed by atoms with E-state index in [1.54, 1.807) is 0 Å². The summed E-state index contributed by atoms with van der Waals surface area (Å²) in [7, 11) is 0. The van der Waals surface area contributed by atoms with Gasteiger partial charge >= 0.3 is 0 Å². The van der Waals surface area contributed by atoms with Crippen LogP contribution in [-0.2, 0) is 22.4 Å². The molecule has 76 valence electrons. The highest BCUT2D eigenvalue weighted by Crippen LogP contribution is 2.16. The molecule has 0 radical (unpaired) electrons. The van der Waals surface area contributed by atoms with Crippen molar-refractivity contribution in [2.24, 2.45) is 0 Å². The van der Waals surface area contributed by atoms with Gasteiger partial charge in [-0.15, -0.1) is 0 Å². The summed E-state index contributed by atoms with van der Waals surface area (Å²) >= 11 is 0. The molecular formula is C9H12N2O3. The van der Waals surface area contributed by atoms with E-state index in [2.05, 4.69) is 10.1 Å². The van der Waals surface area contributed by atoms with Crippen LogP contribution in [0.2, 0.25) is 0 Å². The average molecular weight is 196 g/mol. The third-order valence-corrected chi connectivity index (χ3v) is 2.20. The minimum absolute atomic E-state index is 0.208. The highest BCUT2D eigenvalue weighted by atomic mass is 16.5. The first-order valence-corrected chi connectivity index (χ1v) is 4.75. The molecule has 0 aromatic carbocycles. The predicted molar refractivity (Wildman–Crippen MR) is 46.7 cm³/mol. The van der Waals surface area contributed by atoms with E-state index < -0.39 is 0 Å². The van der Waals surface area contributed by atoms with E-state index >= 15 is 0 Å². The zero-order valence-corrected chi connectivity index (χ0v) is 7.81. The number of hydrogen-bond acceptors (Lipinski definition) is 5. The summed E-state index contributed by atoms with van der Waals surface area (Å²) in [5.74, 6) is 1.02. The second-order valence-corrected chi connectivity index (χ2v) is 3.31. The van der Waals surface area contributed by atoms with Crippen molar-refractivity contribution < 1.29 is 14.1 Å². The topological polar surface area (TPSA) is 65.2 Å². The molecule has 14 heavy (non-hydrogen) atoms. The molecule has 2 rings (SSSR count). The van der Waals surface area contributed by atoms with Crippen LogP contribution in [0, 0.1) is 0 Å². The number of nitrogens with zero attached hydrogens (tertiary/aromatic N) is 2. The molecule has 1 aliphatic heterocycles. The molecule has 5 nitrogen and oxygen atoms in total. The Hall–Kier alpha value is -1.23. The first kappa shape index (κ1) is 9.33. The molecule has 1 aromatic heterocycles. The minimum atomic E-state index is 0.208. The molecule has 5 heteroatoms. The summed E-state index contributed by atoms with van der Waals surface area (Å²) in [5, 5.41) is 3.68. The van der Waals surface area contributed by atoms with Crippen molar-refractivity contribution in [3.63, 3.8) is 0 Å². The van der Waals surface area contributed by atoms with Gasteiger partial charge in [-0.3, -0.25) is 0 Å². The maximum atomic E-state index is 10.2. The Bertz CT molecular complexity index is 305. The largest absolute Gasteiger partial charge is 0.378 e. The van der Waals surface area contributed by atoms with Crippen LogP contribution >= 0.6 is 0 Å². The smallest absolute Gasteiger partial charge is 0.229 e. The van der Waals surface area contributed by atoms with Crippen LogP contribution in [0.3, 0.4) is 0 Å². The van der Waals surface area contributed by atoms with Gasteiger partial charge in [0.15, 0.2) is 5.82 Å². The fourth-order valence-electron chi connectivity index (χ4n) is 1.53. The molecule has 1 unspecified atom stereocenters. The summed E-state index contributed by atoms with van der Waals surface area (Å²) in [6.45, 7) is 0.819. The lowest BCUT2D eigenvalue weighted by Gasteiger charge is -2.03. The summed E-state index contributed by atoms with van der Waals surface area (Å²) in [6, 6.07) is 0. The van der Waals surface area contributed by atoms with E-state index in [1.807, 2.05) is 0 Å². The molecule has 1 aliphatic rings. The van der Waals surface area contributed by atoms with Gasteiger partial charge < -0.3 is 14.1 Å². The van der Waals surface area contributed by atoms with Crippen LogP contribution in [0.4, 0.5) is 0 Å². The van der Waals surface area contributed by atoms with Crippen molar-refractivity contribution in [3.8, 4) is 0 Å². The molecule has 0 amide bonds. The van der Waals surface area contributed by atoms with Gasteiger partial charge in [0.1, 0.15) is 6.29 Å². The molecule has 1 aromatic rings. The van der Waals surface area contributed by atoms with Crippen molar-refractivity contribution in [1.82, 2.24) is 10.1 Å². The lowest BCUT2D eigenvalue weighted by Crippen LogP contribution is -2.09. The van der Waals surface area contributed by atoms with E-state index in [1.165, 1.54) is 0 Å². The lowest BCUT2D eigenvalue weighted by molar-refractivity contribution is -0.107. The number of carbonyl (C=O) groups is 1. The van der Waals surface area contributed by atoms with Gasteiger partial charge in [-0.05, 0) is 12.8 Å². The average Bonchev–Trinajstić information content (AvgIpc) is 2.79. The van der Waals surface area contributed by atoms with Crippen molar-refractivity contribution in [2.75, 3.05) is 6.61 Å². The highest BCUT2D eigenvalue weighted by Gasteiger charge is 2.19. The van der Waals surface area contributed by atoms with Gasteiger partial charge in [-0.2, -0.15) is 4.98 Å². The zero-order valence-electron chi connectivity index (χ0n) is 7.81. The molecule has 0 aliphatic carbocycles. The van der Waals surface area contributed by atoms with Crippen molar-refractivity contribution >= 4 is 6.29 Å². The summed E-state index contributed by atoms with van der Waals surface area (Å²) in [4.78, 5) is 14.3. The second kappa shape index (κ2) is 4.32. The first-order valence-electron chi connectivity index (χ1n) is 4.75. The minimum Gasteiger partial charge on any atom is -0.378 e. The molecular weight excluding hydrogens is 184 g/mol. The SMILES string of the molecule is O=CCc1noc(CC2CCCO2)n1. The second-order valence-electron chi connectivity index (χ2n) is 3.31. The molecule has 1 saturated heterocycles. The molecule has 0 spiro atoms. The van der Waals surface area contributed by atoms with E-state index in [0.717, 1.165) is 25.7 Å². The standard InChI is InChI=1S/C9H12N2O3/c12-4-3-8-10-9(14-11-8)6-7-2-1-5-13-7/h4,7H,1-3,5-6H2. The Morgan fingerprint density at radius 1 is 1.57 bits per heavy atom. The van der Waals surface area contributed by atoms with Gasteiger partial charge in [-0.1, -0.05) is 5.16 Å². The zero-order chi connectivity index (χ0) is 9.80. The maximum Gasteiger partial charge on any atom is 0.229 e. The molecule has 0 N–H and O–H groups in total. The Balaban J connectivity index is 1.91. The van der Waals surface area contributed by atoms with Crippen LogP contribution in [-0.4, -0.2) is 29.1 Å². The van der Waals surface area contributed by atoms with Crippen molar-refractivity contribution in [1.29, 1.82) is 0 Å². The quantitative estimate of drug-likeness (QED) is 0.657. The number of aromatic nitrogens is 2. The van der Waals surface area contributed by atoms with Gasteiger partial charge in [0.2, 0.25) is 5.89 Å². The molecule has 0 saturated carbocycles. The fraction of sp³-hybridized carbons (Fsp3) is 0.667. The third-order valence-electron chi connectivity index (χ3n) is 2.20. The van der Waals surface area contributed by atoms with Gasteiger partial charge in [-0.25, -0.2) is 0 Å². The number of carbonyl (C=O) groups excluding carboxylic acids is 1. The third kappa shape index (κ3) is 2.17. The summed E-state index contributed by atoms with van der Waals surface area (Å²) < 4.78 is 10.4. The van der Waals surface area contributed by atoms with E-state index in [9.17, 15) is 4.79 Å². The Morgan fingerprint density at radius 3 is 3.21 bits per heavy atom. The first-order chi connectivity index (χ1) is 6.88. The Labute approximate surface area is 81.4 Å². The number of aldehydes is 1. The number of hydrogen-bond donors (Lipinski definition) is 0. The highest BCUT2D eigenvalue weighted by molar-refractivity contribution is 5.52. The monoisotopic (exact) mass is 196 g/mol. The molecule has 1 fully saturated rings. The number of ether oxygens (including phenoxy) is 1. The lowest BCUT2D eigenvalue weighted by atomic mass is 10.2. The number of rotatable bonds is 4. The summed E-state index contributed by atoms with van der Waals surface area (Å²) in [6.07, 6.45) is 3.99. The van der Waals surface area contributed by atoms with Crippen LogP contribution in [0.25, 0.3) is 0 Å². The van der Waals surface area contributed by atoms with Gasteiger partial charge in [0.05, 0.1) is 18.9 Å². The van der Waals surface area contributed by atoms with Gasteiger partial charge in [0.25, 0.3) is 0 Å². The van der Waals surface area contributed by atoms with E-state index in [0.29, 0.717) is 18.1 Å². The van der Waals surface area contributed by atoms with Crippen LogP contribution < -0.4 is 0 Å². The van der Waals surface area contributed by atoms with Crippen LogP contribution in [0.15, 0.2) is 4.52 Å². The van der Waals surface area contributed by atoms with Crippen molar-refractivity contribution in [3.05, 3.63) is 11.7 Å². The van der Waals surface area contributed by atoms with Crippen LogP contribution in [0.1, 0.15) is 24.6 Å². The van der Waals surface area contributed by atoms with E-state index in [-0.39, 0.29) is 12.5 Å². The van der Waals surface area contributed by atoms with Gasteiger partial charge in [0, 0.05) is 6.61 Å². The van der Waals surface area contributed by atoms with Crippen LogP contribution in [0.5, 0.6) is 0 Å².